The van der Waals surface area contributed by atoms with Crippen LogP contribution >= 0.6 is 15.9 Å². The Hall–Kier alpha value is -2.29. The van der Waals surface area contributed by atoms with Crippen LogP contribution in [-0.4, -0.2) is 64.9 Å². The Morgan fingerprint density at radius 3 is 2.75 bits per heavy atom. The molecular weight excluding hydrogens is 569 g/mol. The summed E-state index contributed by atoms with van der Waals surface area (Å²) in [5.41, 5.74) is 4.68. The van der Waals surface area contributed by atoms with E-state index in [1.54, 1.807) is 0 Å². The Morgan fingerprint density at radius 1 is 1.07 bits per heavy atom. The van der Waals surface area contributed by atoms with Crippen LogP contribution < -0.4 is 15.0 Å². The number of piperidine rings is 1. The molecule has 2 bridgehead atoms. The van der Waals surface area contributed by atoms with E-state index in [2.05, 4.69) is 67.4 Å². The second-order valence-electron chi connectivity index (χ2n) is 12.8. The molecule has 0 unspecified atom stereocenters. The molecule has 40 heavy (non-hydrogen) atoms. The van der Waals surface area contributed by atoms with Crippen LogP contribution in [-0.2, 0) is 13.0 Å². The molecule has 210 valence electrons. The third-order valence-corrected chi connectivity index (χ3v) is 11.0. The van der Waals surface area contributed by atoms with Crippen LogP contribution in [0.3, 0.4) is 0 Å². The minimum absolute atomic E-state index is 0.200. The summed E-state index contributed by atoms with van der Waals surface area (Å²) in [5, 5.41) is 6.28. The van der Waals surface area contributed by atoms with Gasteiger partial charge in [0.2, 0.25) is 0 Å². The lowest BCUT2D eigenvalue weighted by Gasteiger charge is -2.35. The van der Waals surface area contributed by atoms with E-state index in [4.69, 9.17) is 14.7 Å². The number of aromatic nitrogens is 2. The first-order valence-electron chi connectivity index (χ1n) is 15.1. The Kier molecular flexibility index (Phi) is 6.30. The van der Waals surface area contributed by atoms with Gasteiger partial charge < -0.3 is 15.0 Å². The highest BCUT2D eigenvalue weighted by Crippen LogP contribution is 2.43. The third-order valence-electron chi connectivity index (χ3n) is 10.3. The largest absolute Gasteiger partial charge is 0.461 e. The van der Waals surface area contributed by atoms with E-state index in [1.165, 1.54) is 40.6 Å². The van der Waals surface area contributed by atoms with Crippen LogP contribution in [0.5, 0.6) is 6.01 Å². The summed E-state index contributed by atoms with van der Waals surface area (Å²) in [6.07, 6.45) is 7.66. The first-order valence-corrected chi connectivity index (χ1v) is 15.9. The van der Waals surface area contributed by atoms with Crippen molar-refractivity contribution >= 4 is 32.4 Å². The van der Waals surface area contributed by atoms with E-state index >= 15 is 0 Å². The lowest BCUT2D eigenvalue weighted by atomic mass is 9.85. The summed E-state index contributed by atoms with van der Waals surface area (Å²) in [6, 6.07) is 14.6. The van der Waals surface area contributed by atoms with E-state index < -0.39 is 6.17 Å². The number of benzene rings is 2. The summed E-state index contributed by atoms with van der Waals surface area (Å²) in [5.74, 6) is 0.443. The van der Waals surface area contributed by atoms with Gasteiger partial charge in [-0.25, -0.2) is 4.39 Å². The van der Waals surface area contributed by atoms with Crippen molar-refractivity contribution in [2.45, 2.75) is 87.6 Å². The fourth-order valence-electron chi connectivity index (χ4n) is 8.51. The van der Waals surface area contributed by atoms with Gasteiger partial charge in [0.1, 0.15) is 12.8 Å². The van der Waals surface area contributed by atoms with Crippen molar-refractivity contribution in [3.8, 4) is 6.01 Å². The molecule has 5 atom stereocenters. The molecule has 2 aromatic carbocycles. The predicted molar refractivity (Wildman–Crippen MR) is 159 cm³/mol. The van der Waals surface area contributed by atoms with E-state index in [0.29, 0.717) is 43.6 Å². The Morgan fingerprint density at radius 2 is 1.90 bits per heavy atom. The molecule has 4 fully saturated rings. The van der Waals surface area contributed by atoms with Crippen molar-refractivity contribution < 1.29 is 9.13 Å². The molecule has 0 saturated carbocycles. The van der Waals surface area contributed by atoms with Crippen LogP contribution in [0.1, 0.15) is 67.8 Å². The van der Waals surface area contributed by atoms with Gasteiger partial charge in [0.05, 0.1) is 23.5 Å². The number of fused-ring (bicyclic) bond motifs is 5. The Bertz CT molecular complexity index is 1440. The predicted octanol–water partition coefficient (Wildman–Crippen LogP) is 5.91. The van der Waals surface area contributed by atoms with Gasteiger partial charge in [-0.05, 0) is 74.6 Å². The van der Waals surface area contributed by atoms with Crippen molar-refractivity contribution in [3.05, 3.63) is 57.8 Å². The van der Waals surface area contributed by atoms with E-state index in [-0.39, 0.29) is 5.54 Å². The van der Waals surface area contributed by atoms with Gasteiger partial charge in [0.25, 0.3) is 0 Å². The van der Waals surface area contributed by atoms with Crippen LogP contribution in [0.25, 0.3) is 10.8 Å². The molecule has 4 saturated heterocycles. The first kappa shape index (κ1) is 25.4. The van der Waals surface area contributed by atoms with Gasteiger partial charge in [-0.15, -0.1) is 0 Å². The van der Waals surface area contributed by atoms with Crippen LogP contribution in [0.15, 0.2) is 40.9 Å². The second-order valence-corrected chi connectivity index (χ2v) is 13.6. The molecule has 1 aromatic heterocycles. The number of anilines is 1. The van der Waals surface area contributed by atoms with Crippen molar-refractivity contribution in [3.63, 3.8) is 0 Å². The van der Waals surface area contributed by atoms with Crippen molar-refractivity contribution in [1.82, 2.24) is 20.2 Å². The molecule has 5 aliphatic rings. The second kappa shape index (κ2) is 9.92. The van der Waals surface area contributed by atoms with Crippen LogP contribution in [0.2, 0.25) is 0 Å². The normalized spacial score (nSPS) is 31.5. The van der Waals surface area contributed by atoms with Gasteiger partial charge >= 0.3 is 6.01 Å². The molecular formula is C32H37BrFN5O. The molecule has 0 amide bonds. The summed E-state index contributed by atoms with van der Waals surface area (Å²) in [7, 11) is 0. The zero-order valence-electron chi connectivity index (χ0n) is 22.9. The van der Waals surface area contributed by atoms with Gasteiger partial charge in [-0.1, -0.05) is 40.2 Å². The summed E-state index contributed by atoms with van der Waals surface area (Å²) < 4.78 is 22.0. The number of hydrogen-bond donors (Lipinski definition) is 1. The molecule has 5 aliphatic heterocycles. The number of nitrogens with zero attached hydrogens (tertiary/aromatic N) is 4. The van der Waals surface area contributed by atoms with Crippen LogP contribution in [0, 0.1) is 0 Å². The van der Waals surface area contributed by atoms with Crippen molar-refractivity contribution in [2.75, 3.05) is 31.1 Å². The Labute approximate surface area is 243 Å². The fourth-order valence-corrected chi connectivity index (χ4v) is 9.10. The maximum Gasteiger partial charge on any atom is 0.316 e. The SMILES string of the molecule is F[C@H]1CN2CCC[C@@]2(COc2nc3c(c([C@H]4C[C@H]5CC[C@@H](C4)N5)n2)CCN(c2cccc4cccc(Br)c24)C3)C1. The van der Waals surface area contributed by atoms with Crippen LogP contribution in [0.4, 0.5) is 10.1 Å². The lowest BCUT2D eigenvalue weighted by molar-refractivity contribution is 0.106. The topological polar surface area (TPSA) is 53.5 Å². The summed E-state index contributed by atoms with van der Waals surface area (Å²) in [6.45, 7) is 3.66. The molecule has 0 aliphatic carbocycles. The van der Waals surface area contributed by atoms with Gasteiger partial charge in [-0.3, -0.25) is 4.90 Å². The fraction of sp³-hybridized carbons (Fsp3) is 0.562. The average Bonchev–Trinajstić information content (AvgIpc) is 3.61. The highest BCUT2D eigenvalue weighted by molar-refractivity contribution is 9.10. The molecule has 0 spiro atoms. The molecule has 3 aromatic rings. The van der Waals surface area contributed by atoms with E-state index in [0.717, 1.165) is 61.9 Å². The zero-order chi connectivity index (χ0) is 26.8. The molecule has 1 N–H and O–H groups in total. The van der Waals surface area contributed by atoms with Gasteiger partial charge in [0.15, 0.2) is 0 Å². The molecule has 8 heteroatoms. The maximum absolute atomic E-state index is 14.4. The lowest BCUT2D eigenvalue weighted by Crippen LogP contribution is -2.43. The molecule has 6 nitrogen and oxygen atoms in total. The van der Waals surface area contributed by atoms with E-state index in [9.17, 15) is 4.39 Å². The quantitative estimate of drug-likeness (QED) is 0.390. The summed E-state index contributed by atoms with van der Waals surface area (Å²) in [4.78, 5) is 15.0. The zero-order valence-corrected chi connectivity index (χ0v) is 24.5. The minimum atomic E-state index is -0.761. The number of rotatable bonds is 5. The van der Waals surface area contributed by atoms with Crippen molar-refractivity contribution in [1.29, 1.82) is 0 Å². The number of alkyl halides is 1. The number of halogens is 2. The molecule has 8 rings (SSSR count). The number of hydrogen-bond acceptors (Lipinski definition) is 6. The number of nitrogens with one attached hydrogen (secondary N) is 1. The van der Waals surface area contributed by atoms with Gasteiger partial charge in [0, 0.05) is 53.1 Å². The van der Waals surface area contributed by atoms with E-state index in [1.807, 2.05) is 0 Å². The standard InChI is InChI=1S/C32H37BrFN5O/c33-26-6-1-4-20-5-2-7-28(29(20)26)38-13-10-25-27(18-38)36-31(37-30(25)21-14-23-8-9-24(15-21)35-23)40-19-32-11-3-12-39(32)17-22(34)16-32/h1-2,4-7,21-24,35H,3,8-19H2/t21-,22-,23+,24-,32+/m1/s1. The highest BCUT2D eigenvalue weighted by Gasteiger charge is 2.49. The summed E-state index contributed by atoms with van der Waals surface area (Å²) >= 11 is 3.81. The highest BCUT2D eigenvalue weighted by atomic mass is 79.9. The molecule has 6 heterocycles. The average molecular weight is 607 g/mol. The number of ether oxygens (including phenoxy) is 1. The van der Waals surface area contributed by atoms with Crippen molar-refractivity contribution in [2.24, 2.45) is 0 Å². The maximum atomic E-state index is 14.4. The monoisotopic (exact) mass is 605 g/mol. The van der Waals surface area contributed by atoms with Gasteiger partial charge in [-0.2, -0.15) is 9.97 Å². The third kappa shape index (κ3) is 4.33. The molecule has 0 radical (unpaired) electrons. The minimum Gasteiger partial charge on any atom is -0.461 e. The first-order chi connectivity index (χ1) is 19.5. The Balaban J connectivity index is 1.14. The smallest absolute Gasteiger partial charge is 0.316 e.